The van der Waals surface area contributed by atoms with E-state index in [1.807, 2.05) is 0 Å². The Labute approximate surface area is 103 Å². The van der Waals surface area contributed by atoms with Crippen molar-refractivity contribution in [1.29, 1.82) is 0 Å². The van der Waals surface area contributed by atoms with Gasteiger partial charge in [-0.15, -0.1) is 0 Å². The van der Waals surface area contributed by atoms with Gasteiger partial charge in [0, 0.05) is 30.2 Å². The Morgan fingerprint density at radius 3 is 2.78 bits per heavy atom. The molecule has 1 aromatic heterocycles. The molecule has 2 rings (SSSR count). The summed E-state index contributed by atoms with van der Waals surface area (Å²) >= 11 is 0. The third kappa shape index (κ3) is 2.12. The van der Waals surface area contributed by atoms with E-state index in [2.05, 4.69) is 4.98 Å². The molecule has 3 atom stereocenters. The van der Waals surface area contributed by atoms with Gasteiger partial charge in [0.1, 0.15) is 6.23 Å². The Morgan fingerprint density at radius 2 is 2.17 bits per heavy atom. The second-order valence-corrected chi connectivity index (χ2v) is 4.49. The number of aromatic amines is 1. The standard InChI is InChI=1S/C11H16N2O5/c1-6-2-13(11(17)12-9(6)16)10-8(4-15)7(3-14)5-18-10/h2,7-8,10,14-15H,3-5H2,1H3,(H,12,16,17)/t7-,8+,10?/m0/s1. The van der Waals surface area contributed by atoms with Crippen molar-refractivity contribution in [3.05, 3.63) is 32.6 Å². The first-order valence-corrected chi connectivity index (χ1v) is 5.74. The van der Waals surface area contributed by atoms with Crippen LogP contribution in [-0.4, -0.2) is 39.6 Å². The van der Waals surface area contributed by atoms with Crippen LogP contribution in [-0.2, 0) is 4.74 Å². The normalized spacial score (nSPS) is 27.6. The van der Waals surface area contributed by atoms with Crippen molar-refractivity contribution in [1.82, 2.24) is 9.55 Å². The first-order valence-electron chi connectivity index (χ1n) is 5.74. The second kappa shape index (κ2) is 5.05. The highest BCUT2D eigenvalue weighted by molar-refractivity contribution is 5.02. The molecule has 0 aromatic carbocycles. The van der Waals surface area contributed by atoms with E-state index in [-0.39, 0.29) is 31.7 Å². The minimum atomic E-state index is -0.657. The molecule has 1 aromatic rings. The predicted molar refractivity (Wildman–Crippen MR) is 62.2 cm³/mol. The number of nitrogens with one attached hydrogen (secondary N) is 1. The van der Waals surface area contributed by atoms with Crippen LogP contribution in [0.2, 0.25) is 0 Å². The zero-order valence-electron chi connectivity index (χ0n) is 10.00. The molecule has 0 radical (unpaired) electrons. The van der Waals surface area contributed by atoms with Gasteiger partial charge in [0.25, 0.3) is 5.56 Å². The first kappa shape index (κ1) is 13.0. The highest BCUT2D eigenvalue weighted by Gasteiger charge is 2.38. The predicted octanol–water partition coefficient (Wildman–Crippen LogP) is -1.41. The van der Waals surface area contributed by atoms with Gasteiger partial charge in [0.05, 0.1) is 13.2 Å². The molecule has 0 saturated carbocycles. The van der Waals surface area contributed by atoms with Gasteiger partial charge in [-0.25, -0.2) is 4.79 Å². The Hall–Kier alpha value is -1.44. The molecule has 0 aliphatic carbocycles. The Bertz CT molecular complexity index is 535. The van der Waals surface area contributed by atoms with E-state index in [1.165, 1.54) is 10.8 Å². The maximum Gasteiger partial charge on any atom is 0.330 e. The number of rotatable bonds is 3. The van der Waals surface area contributed by atoms with Crippen molar-refractivity contribution in [2.75, 3.05) is 19.8 Å². The number of aryl methyl sites for hydroxylation is 1. The molecule has 1 aliphatic heterocycles. The summed E-state index contributed by atoms with van der Waals surface area (Å²) in [7, 11) is 0. The van der Waals surface area contributed by atoms with E-state index in [0.717, 1.165) is 0 Å². The fraction of sp³-hybridized carbons (Fsp3) is 0.636. The fourth-order valence-corrected chi connectivity index (χ4v) is 2.19. The SMILES string of the molecule is Cc1cn(C2OC[C@H](CO)[C@H]2CO)c(=O)[nH]c1=O. The zero-order chi connectivity index (χ0) is 13.3. The Balaban J connectivity index is 2.40. The summed E-state index contributed by atoms with van der Waals surface area (Å²) in [5.74, 6) is -0.572. The van der Waals surface area contributed by atoms with Gasteiger partial charge in [0.15, 0.2) is 0 Å². The van der Waals surface area contributed by atoms with Crippen LogP contribution in [0.5, 0.6) is 0 Å². The minimum absolute atomic E-state index is 0.112. The van der Waals surface area contributed by atoms with Crippen LogP contribution in [0.3, 0.4) is 0 Å². The average Bonchev–Trinajstić information content (AvgIpc) is 2.76. The van der Waals surface area contributed by atoms with E-state index in [9.17, 15) is 14.7 Å². The van der Waals surface area contributed by atoms with Gasteiger partial charge < -0.3 is 14.9 Å². The van der Waals surface area contributed by atoms with Crippen LogP contribution in [0.4, 0.5) is 0 Å². The second-order valence-electron chi connectivity index (χ2n) is 4.49. The van der Waals surface area contributed by atoms with Gasteiger partial charge in [-0.2, -0.15) is 0 Å². The van der Waals surface area contributed by atoms with Crippen molar-refractivity contribution in [2.24, 2.45) is 11.8 Å². The molecular weight excluding hydrogens is 240 g/mol. The summed E-state index contributed by atoms with van der Waals surface area (Å²) < 4.78 is 6.70. The summed E-state index contributed by atoms with van der Waals surface area (Å²) in [5, 5.41) is 18.5. The number of aliphatic hydroxyl groups excluding tert-OH is 2. The molecule has 7 nitrogen and oxygen atoms in total. The fourth-order valence-electron chi connectivity index (χ4n) is 2.19. The summed E-state index contributed by atoms with van der Waals surface area (Å²) in [6.45, 7) is 1.55. The van der Waals surface area contributed by atoms with Crippen LogP contribution in [0, 0.1) is 18.8 Å². The van der Waals surface area contributed by atoms with Gasteiger partial charge in [0.2, 0.25) is 0 Å². The number of ether oxygens (including phenoxy) is 1. The van der Waals surface area contributed by atoms with Crippen molar-refractivity contribution in [3.8, 4) is 0 Å². The molecule has 7 heteroatoms. The summed E-state index contributed by atoms with van der Waals surface area (Å²) in [6, 6.07) is 0. The Kier molecular flexibility index (Phi) is 3.65. The maximum atomic E-state index is 11.7. The minimum Gasteiger partial charge on any atom is -0.396 e. The molecule has 1 saturated heterocycles. The lowest BCUT2D eigenvalue weighted by Gasteiger charge is -2.21. The highest BCUT2D eigenvalue weighted by atomic mass is 16.5. The third-order valence-corrected chi connectivity index (χ3v) is 3.32. The topological polar surface area (TPSA) is 105 Å². The molecule has 1 aliphatic rings. The molecule has 2 heterocycles. The van der Waals surface area contributed by atoms with Gasteiger partial charge >= 0.3 is 5.69 Å². The van der Waals surface area contributed by atoms with Crippen LogP contribution >= 0.6 is 0 Å². The number of nitrogens with zero attached hydrogens (tertiary/aromatic N) is 1. The first-order chi connectivity index (χ1) is 8.58. The molecule has 3 N–H and O–H groups in total. The van der Waals surface area contributed by atoms with Gasteiger partial charge in [-0.05, 0) is 6.92 Å². The number of aromatic nitrogens is 2. The van der Waals surface area contributed by atoms with Crippen LogP contribution in [0.15, 0.2) is 15.8 Å². The molecule has 18 heavy (non-hydrogen) atoms. The van der Waals surface area contributed by atoms with Crippen molar-refractivity contribution in [3.63, 3.8) is 0 Å². The summed E-state index contributed by atoms with van der Waals surface area (Å²) in [4.78, 5) is 25.2. The van der Waals surface area contributed by atoms with E-state index < -0.39 is 17.5 Å². The van der Waals surface area contributed by atoms with Crippen LogP contribution in [0.1, 0.15) is 11.8 Å². The van der Waals surface area contributed by atoms with Gasteiger partial charge in [-0.3, -0.25) is 14.3 Å². The molecule has 0 spiro atoms. The average molecular weight is 256 g/mol. The molecule has 0 bridgehead atoms. The maximum absolute atomic E-state index is 11.7. The van der Waals surface area contributed by atoms with Crippen molar-refractivity contribution >= 4 is 0 Å². The summed E-state index contributed by atoms with van der Waals surface area (Å²) in [6.07, 6.45) is 0.754. The lowest BCUT2D eigenvalue weighted by Crippen LogP contribution is -2.36. The van der Waals surface area contributed by atoms with Gasteiger partial charge in [-0.1, -0.05) is 0 Å². The molecular formula is C11H16N2O5. The zero-order valence-corrected chi connectivity index (χ0v) is 10.00. The molecule has 100 valence electrons. The van der Waals surface area contributed by atoms with E-state index in [0.29, 0.717) is 5.56 Å². The highest BCUT2D eigenvalue weighted by Crippen LogP contribution is 2.33. The van der Waals surface area contributed by atoms with E-state index in [1.54, 1.807) is 6.92 Å². The molecule has 1 fully saturated rings. The summed E-state index contributed by atoms with van der Waals surface area (Å²) in [5.41, 5.74) is -0.622. The monoisotopic (exact) mass is 256 g/mol. The van der Waals surface area contributed by atoms with Crippen molar-refractivity contribution in [2.45, 2.75) is 13.2 Å². The molecule has 0 amide bonds. The lowest BCUT2D eigenvalue weighted by atomic mass is 9.95. The smallest absolute Gasteiger partial charge is 0.330 e. The van der Waals surface area contributed by atoms with Crippen LogP contribution in [0.25, 0.3) is 0 Å². The largest absolute Gasteiger partial charge is 0.396 e. The number of hydrogen-bond acceptors (Lipinski definition) is 5. The van der Waals surface area contributed by atoms with Crippen LogP contribution < -0.4 is 11.2 Å². The van der Waals surface area contributed by atoms with E-state index in [4.69, 9.17) is 9.84 Å². The lowest BCUT2D eigenvalue weighted by molar-refractivity contribution is 0.0135. The van der Waals surface area contributed by atoms with Crippen molar-refractivity contribution < 1.29 is 14.9 Å². The van der Waals surface area contributed by atoms with E-state index >= 15 is 0 Å². The Morgan fingerprint density at radius 1 is 1.44 bits per heavy atom. The third-order valence-electron chi connectivity index (χ3n) is 3.32. The quantitative estimate of drug-likeness (QED) is 0.616. The number of hydrogen-bond donors (Lipinski definition) is 3. The number of H-pyrrole nitrogens is 1. The number of aliphatic hydroxyl groups is 2. The molecule has 1 unspecified atom stereocenters.